The Bertz CT molecular complexity index is 449. The monoisotopic (exact) mass is 238 g/mol. The lowest BCUT2D eigenvalue weighted by molar-refractivity contribution is 0.0676. The van der Waals surface area contributed by atoms with Crippen molar-refractivity contribution >= 4 is 5.97 Å². The predicted molar refractivity (Wildman–Crippen MR) is 57.0 cm³/mol. The maximum atomic E-state index is 11.4. The van der Waals surface area contributed by atoms with E-state index in [1.54, 1.807) is 4.68 Å². The van der Waals surface area contributed by atoms with Gasteiger partial charge in [0.15, 0.2) is 0 Å². The third-order valence-corrected chi connectivity index (χ3v) is 3.28. The number of carboxylic acid groups (broad SMARTS) is 1. The fourth-order valence-corrected chi connectivity index (χ4v) is 2.44. The van der Waals surface area contributed by atoms with Crippen molar-refractivity contribution in [1.82, 2.24) is 9.78 Å². The largest absolute Gasteiger partial charge is 0.477 e. The molecule has 1 atom stereocenters. The molecule has 1 aromatic heterocycles. The molecule has 6 heteroatoms. The van der Waals surface area contributed by atoms with Gasteiger partial charge in [0.1, 0.15) is 5.69 Å². The van der Waals surface area contributed by atoms with Crippen molar-refractivity contribution in [1.29, 1.82) is 0 Å². The number of hydrogen-bond acceptors (Lipinski definition) is 4. The standard InChI is InChI=1S/C11H14N2O4/c14-11(15)10-8-2-4-17-6-9(8)12-13(10)7-1-3-16-5-7/h7H,1-6H2,(H,14,15). The highest BCUT2D eigenvalue weighted by Gasteiger charge is 2.30. The molecule has 0 aromatic carbocycles. The summed E-state index contributed by atoms with van der Waals surface area (Å²) in [6, 6.07) is 0.0479. The average molecular weight is 238 g/mol. The number of nitrogens with zero attached hydrogens (tertiary/aromatic N) is 2. The van der Waals surface area contributed by atoms with Gasteiger partial charge in [0.2, 0.25) is 0 Å². The zero-order valence-corrected chi connectivity index (χ0v) is 9.39. The Morgan fingerprint density at radius 3 is 3.00 bits per heavy atom. The number of carbonyl (C=O) groups is 1. The van der Waals surface area contributed by atoms with E-state index in [2.05, 4.69) is 5.10 Å². The van der Waals surface area contributed by atoms with Crippen molar-refractivity contribution in [2.24, 2.45) is 0 Å². The van der Waals surface area contributed by atoms with Crippen molar-refractivity contribution in [2.45, 2.75) is 25.5 Å². The van der Waals surface area contributed by atoms with Gasteiger partial charge in [-0.25, -0.2) is 4.79 Å². The molecule has 92 valence electrons. The smallest absolute Gasteiger partial charge is 0.354 e. The summed E-state index contributed by atoms with van der Waals surface area (Å²) in [5, 5.41) is 13.7. The number of hydrogen-bond donors (Lipinski definition) is 1. The first-order valence-corrected chi connectivity index (χ1v) is 5.76. The van der Waals surface area contributed by atoms with Gasteiger partial charge >= 0.3 is 5.97 Å². The van der Waals surface area contributed by atoms with Gasteiger partial charge in [-0.1, -0.05) is 0 Å². The van der Waals surface area contributed by atoms with E-state index in [-0.39, 0.29) is 6.04 Å². The molecule has 0 aliphatic carbocycles. The van der Waals surface area contributed by atoms with Crippen LogP contribution >= 0.6 is 0 Å². The van der Waals surface area contributed by atoms with Crippen molar-refractivity contribution in [3.63, 3.8) is 0 Å². The van der Waals surface area contributed by atoms with Crippen LogP contribution in [-0.4, -0.2) is 40.7 Å². The Morgan fingerprint density at radius 2 is 2.29 bits per heavy atom. The summed E-state index contributed by atoms with van der Waals surface area (Å²) in [6.45, 7) is 2.20. The Morgan fingerprint density at radius 1 is 1.41 bits per heavy atom. The Balaban J connectivity index is 2.06. The first-order chi connectivity index (χ1) is 8.27. The molecular weight excluding hydrogens is 224 g/mol. The first-order valence-electron chi connectivity index (χ1n) is 5.76. The fourth-order valence-electron chi connectivity index (χ4n) is 2.44. The predicted octanol–water partition coefficient (Wildman–Crippen LogP) is 0.615. The van der Waals surface area contributed by atoms with Crippen molar-refractivity contribution in [2.75, 3.05) is 19.8 Å². The van der Waals surface area contributed by atoms with Gasteiger partial charge in [-0.05, 0) is 6.42 Å². The van der Waals surface area contributed by atoms with Gasteiger partial charge in [0.25, 0.3) is 0 Å². The van der Waals surface area contributed by atoms with Crippen molar-refractivity contribution in [3.8, 4) is 0 Å². The summed E-state index contributed by atoms with van der Waals surface area (Å²) in [4.78, 5) is 11.4. The van der Waals surface area contributed by atoms with Gasteiger partial charge in [-0.15, -0.1) is 0 Å². The van der Waals surface area contributed by atoms with Gasteiger partial charge < -0.3 is 14.6 Å². The Hall–Kier alpha value is -1.40. The molecule has 2 aliphatic rings. The second-order valence-corrected chi connectivity index (χ2v) is 4.34. The van der Waals surface area contributed by atoms with E-state index >= 15 is 0 Å². The summed E-state index contributed by atoms with van der Waals surface area (Å²) in [5.74, 6) is -0.910. The maximum Gasteiger partial charge on any atom is 0.354 e. The Kier molecular flexibility index (Phi) is 2.60. The Labute approximate surface area is 98.1 Å². The molecule has 1 aromatic rings. The molecular formula is C11H14N2O4. The van der Waals surface area contributed by atoms with Crippen LogP contribution in [0.1, 0.15) is 34.2 Å². The van der Waals surface area contributed by atoms with Gasteiger partial charge in [-0.2, -0.15) is 5.10 Å². The number of aromatic nitrogens is 2. The second-order valence-electron chi connectivity index (χ2n) is 4.34. The molecule has 1 N–H and O–H groups in total. The lowest BCUT2D eigenvalue weighted by Crippen LogP contribution is -2.18. The third kappa shape index (κ3) is 1.73. The maximum absolute atomic E-state index is 11.4. The number of carboxylic acids is 1. The molecule has 1 unspecified atom stereocenters. The van der Waals surface area contributed by atoms with Gasteiger partial charge in [0.05, 0.1) is 31.6 Å². The quantitative estimate of drug-likeness (QED) is 0.817. The highest BCUT2D eigenvalue weighted by molar-refractivity contribution is 5.88. The molecule has 1 fully saturated rings. The van der Waals surface area contributed by atoms with Gasteiger partial charge in [-0.3, -0.25) is 4.68 Å². The molecule has 0 spiro atoms. The lowest BCUT2D eigenvalue weighted by Gasteiger charge is -2.11. The summed E-state index contributed by atoms with van der Waals surface area (Å²) in [7, 11) is 0. The molecule has 0 amide bonds. The van der Waals surface area contributed by atoms with E-state index in [0.717, 1.165) is 17.7 Å². The van der Waals surface area contributed by atoms with Crippen LogP contribution in [-0.2, 0) is 22.5 Å². The highest BCUT2D eigenvalue weighted by Crippen LogP contribution is 2.26. The van der Waals surface area contributed by atoms with Gasteiger partial charge in [0, 0.05) is 18.6 Å². The number of aromatic carboxylic acids is 1. The summed E-state index contributed by atoms with van der Waals surface area (Å²) < 4.78 is 12.2. The minimum atomic E-state index is -0.910. The number of fused-ring (bicyclic) bond motifs is 1. The van der Waals surface area contributed by atoms with E-state index in [4.69, 9.17) is 9.47 Å². The minimum absolute atomic E-state index is 0.0479. The molecule has 1 saturated heterocycles. The van der Waals surface area contributed by atoms with Crippen LogP contribution in [0, 0.1) is 0 Å². The topological polar surface area (TPSA) is 73.6 Å². The summed E-state index contributed by atoms with van der Waals surface area (Å²) in [6.07, 6.45) is 1.45. The third-order valence-electron chi connectivity index (χ3n) is 3.28. The zero-order chi connectivity index (χ0) is 11.8. The van der Waals surface area contributed by atoms with Crippen LogP contribution in [0.25, 0.3) is 0 Å². The van der Waals surface area contributed by atoms with Crippen molar-refractivity contribution < 1.29 is 19.4 Å². The molecule has 3 heterocycles. The molecule has 3 rings (SSSR count). The molecule has 6 nitrogen and oxygen atoms in total. The van der Waals surface area contributed by atoms with Crippen LogP contribution in [0.3, 0.4) is 0 Å². The summed E-state index contributed by atoms with van der Waals surface area (Å²) in [5.41, 5.74) is 1.91. The zero-order valence-electron chi connectivity index (χ0n) is 9.39. The van der Waals surface area contributed by atoms with Crippen molar-refractivity contribution in [3.05, 3.63) is 17.0 Å². The number of rotatable bonds is 2. The average Bonchev–Trinajstić information content (AvgIpc) is 2.95. The molecule has 0 radical (unpaired) electrons. The SMILES string of the molecule is O=C(O)c1c2c(nn1C1CCOC1)COCC2. The molecule has 2 aliphatic heterocycles. The van der Waals surface area contributed by atoms with E-state index in [1.807, 2.05) is 0 Å². The van der Waals surface area contributed by atoms with Crippen LogP contribution in [0.15, 0.2) is 0 Å². The van der Waals surface area contributed by atoms with Crippen LogP contribution in [0.2, 0.25) is 0 Å². The van der Waals surface area contributed by atoms with Crippen LogP contribution in [0.5, 0.6) is 0 Å². The molecule has 0 bridgehead atoms. The van der Waals surface area contributed by atoms with Crippen LogP contribution < -0.4 is 0 Å². The van der Waals surface area contributed by atoms with E-state index in [9.17, 15) is 9.90 Å². The summed E-state index contributed by atoms with van der Waals surface area (Å²) >= 11 is 0. The fraction of sp³-hybridized carbons (Fsp3) is 0.636. The minimum Gasteiger partial charge on any atom is -0.477 e. The van der Waals surface area contributed by atoms with Crippen LogP contribution in [0.4, 0.5) is 0 Å². The molecule has 17 heavy (non-hydrogen) atoms. The highest BCUT2D eigenvalue weighted by atomic mass is 16.5. The second kappa shape index (κ2) is 4.12. The molecule has 0 saturated carbocycles. The van der Waals surface area contributed by atoms with E-state index in [0.29, 0.717) is 38.5 Å². The van der Waals surface area contributed by atoms with E-state index in [1.165, 1.54) is 0 Å². The lowest BCUT2D eigenvalue weighted by atomic mass is 10.1. The normalized spacial score (nSPS) is 23.6. The number of ether oxygens (including phenoxy) is 2. The first kappa shape index (κ1) is 10.7. The van der Waals surface area contributed by atoms with E-state index < -0.39 is 5.97 Å².